The minimum Gasteiger partial charge on any atom is -0.293 e. The van der Waals surface area contributed by atoms with Gasteiger partial charge in [-0.1, -0.05) is 32.0 Å². The highest BCUT2D eigenvalue weighted by Gasteiger charge is 2.07. The average molecular weight is 194 g/mol. The Labute approximate surface area is 83.6 Å². The fraction of sp³-hybridized carbons (Fsp3) is 0.364. The van der Waals surface area contributed by atoms with Gasteiger partial charge in [-0.25, -0.2) is 4.79 Å². The third-order valence-electron chi connectivity index (χ3n) is 1.55. The summed E-state index contributed by atoms with van der Waals surface area (Å²) >= 11 is 0. The van der Waals surface area contributed by atoms with Gasteiger partial charge in [0.05, 0.1) is 12.2 Å². The van der Waals surface area contributed by atoms with Crippen LogP contribution in [0.3, 0.4) is 0 Å². The highest BCUT2D eigenvalue weighted by Crippen LogP contribution is 2.02. The van der Waals surface area contributed by atoms with Crippen molar-refractivity contribution in [3.8, 4) is 0 Å². The molecule has 3 nitrogen and oxygen atoms in total. The van der Waals surface area contributed by atoms with Crippen LogP contribution in [0.25, 0.3) is 0 Å². The summed E-state index contributed by atoms with van der Waals surface area (Å²) in [5.41, 5.74) is 0.497. The van der Waals surface area contributed by atoms with E-state index in [1.54, 1.807) is 24.3 Å². The van der Waals surface area contributed by atoms with Gasteiger partial charge < -0.3 is 0 Å². The highest BCUT2D eigenvalue weighted by atomic mass is 17.2. The molecule has 0 aliphatic heterocycles. The molecule has 0 amide bonds. The van der Waals surface area contributed by atoms with Gasteiger partial charge in [0, 0.05) is 0 Å². The van der Waals surface area contributed by atoms with Crippen molar-refractivity contribution in [2.24, 2.45) is 5.92 Å². The Morgan fingerprint density at radius 3 is 2.50 bits per heavy atom. The first kappa shape index (κ1) is 10.7. The summed E-state index contributed by atoms with van der Waals surface area (Å²) in [5.74, 6) is -0.107. The van der Waals surface area contributed by atoms with Crippen molar-refractivity contribution in [2.45, 2.75) is 13.8 Å². The molecular weight excluding hydrogens is 180 g/mol. The average Bonchev–Trinajstić information content (AvgIpc) is 2.18. The Bertz CT molecular complexity index is 280. The van der Waals surface area contributed by atoms with Crippen LogP contribution in [0, 0.1) is 5.92 Å². The van der Waals surface area contributed by atoms with E-state index in [4.69, 9.17) is 4.89 Å². The molecule has 0 saturated heterocycles. The van der Waals surface area contributed by atoms with E-state index in [0.29, 0.717) is 18.1 Å². The molecule has 0 aliphatic rings. The Kier molecular flexibility index (Phi) is 4.13. The molecule has 0 N–H and O–H groups in total. The fourth-order valence-corrected chi connectivity index (χ4v) is 0.846. The van der Waals surface area contributed by atoms with Crippen LogP contribution in [0.15, 0.2) is 30.3 Å². The first-order valence-corrected chi connectivity index (χ1v) is 4.59. The van der Waals surface area contributed by atoms with Crippen LogP contribution in [-0.2, 0) is 9.78 Å². The number of hydrogen-bond donors (Lipinski definition) is 0. The van der Waals surface area contributed by atoms with Crippen molar-refractivity contribution in [3.63, 3.8) is 0 Å². The molecule has 0 aromatic heterocycles. The molecule has 0 saturated carbocycles. The summed E-state index contributed by atoms with van der Waals surface area (Å²) in [5, 5.41) is 0. The zero-order chi connectivity index (χ0) is 10.4. The number of hydrogen-bond acceptors (Lipinski definition) is 3. The van der Waals surface area contributed by atoms with Crippen molar-refractivity contribution in [3.05, 3.63) is 35.9 Å². The Morgan fingerprint density at radius 1 is 1.29 bits per heavy atom. The number of carbonyl (C=O) groups excluding carboxylic acids is 1. The van der Waals surface area contributed by atoms with Crippen LogP contribution < -0.4 is 0 Å². The zero-order valence-electron chi connectivity index (χ0n) is 8.40. The second-order valence-corrected chi connectivity index (χ2v) is 3.42. The lowest BCUT2D eigenvalue weighted by Crippen LogP contribution is -2.09. The SMILES string of the molecule is CC(C)COOC(=O)c1ccccc1. The molecule has 0 atom stereocenters. The molecule has 3 heteroatoms. The van der Waals surface area contributed by atoms with Crippen molar-refractivity contribution in [1.29, 1.82) is 0 Å². The van der Waals surface area contributed by atoms with E-state index < -0.39 is 5.97 Å². The van der Waals surface area contributed by atoms with E-state index in [0.717, 1.165) is 0 Å². The topological polar surface area (TPSA) is 35.5 Å². The van der Waals surface area contributed by atoms with Crippen molar-refractivity contribution < 1.29 is 14.6 Å². The Balaban J connectivity index is 2.36. The molecule has 0 radical (unpaired) electrons. The predicted molar refractivity (Wildman–Crippen MR) is 52.6 cm³/mol. The monoisotopic (exact) mass is 194 g/mol. The maximum Gasteiger partial charge on any atom is 0.373 e. The molecule has 1 aromatic rings. The Hall–Kier alpha value is -1.35. The lowest BCUT2D eigenvalue weighted by molar-refractivity contribution is -0.246. The van der Waals surface area contributed by atoms with Gasteiger partial charge in [-0.15, -0.1) is 0 Å². The summed E-state index contributed by atoms with van der Waals surface area (Å²) in [6.45, 7) is 4.38. The normalized spacial score (nSPS) is 10.2. The second kappa shape index (κ2) is 5.40. The minimum atomic E-state index is -0.453. The molecule has 0 bridgehead atoms. The van der Waals surface area contributed by atoms with Gasteiger partial charge in [0.1, 0.15) is 0 Å². The third-order valence-corrected chi connectivity index (χ3v) is 1.55. The molecule has 76 valence electrons. The molecule has 0 aliphatic carbocycles. The first-order valence-electron chi connectivity index (χ1n) is 4.59. The molecular formula is C11H14O3. The second-order valence-electron chi connectivity index (χ2n) is 3.42. The first-order chi connectivity index (χ1) is 6.70. The molecule has 1 rings (SSSR count). The number of carbonyl (C=O) groups is 1. The van der Waals surface area contributed by atoms with E-state index in [2.05, 4.69) is 4.89 Å². The van der Waals surface area contributed by atoms with Crippen molar-refractivity contribution in [1.82, 2.24) is 0 Å². The molecule has 1 aromatic carbocycles. The van der Waals surface area contributed by atoms with E-state index in [9.17, 15) is 4.79 Å². The molecule has 0 unspecified atom stereocenters. The van der Waals surface area contributed by atoms with Gasteiger partial charge >= 0.3 is 5.97 Å². The van der Waals surface area contributed by atoms with Gasteiger partial charge in [-0.3, -0.25) is 4.89 Å². The smallest absolute Gasteiger partial charge is 0.293 e. The van der Waals surface area contributed by atoms with Gasteiger partial charge in [-0.05, 0) is 18.1 Å². The molecule has 14 heavy (non-hydrogen) atoms. The quantitative estimate of drug-likeness (QED) is 0.545. The largest absolute Gasteiger partial charge is 0.373 e. The molecule has 0 fully saturated rings. The summed E-state index contributed by atoms with van der Waals surface area (Å²) in [4.78, 5) is 20.6. The van der Waals surface area contributed by atoms with Gasteiger partial charge in [0.25, 0.3) is 0 Å². The molecule has 0 spiro atoms. The number of rotatable bonds is 4. The third kappa shape index (κ3) is 3.58. The lowest BCUT2D eigenvalue weighted by Gasteiger charge is -2.05. The van der Waals surface area contributed by atoms with Crippen LogP contribution in [0.2, 0.25) is 0 Å². The zero-order valence-corrected chi connectivity index (χ0v) is 8.40. The lowest BCUT2D eigenvalue weighted by atomic mass is 10.2. The number of benzene rings is 1. The summed E-state index contributed by atoms with van der Waals surface area (Å²) in [6.07, 6.45) is 0. The highest BCUT2D eigenvalue weighted by molar-refractivity contribution is 5.88. The summed E-state index contributed by atoms with van der Waals surface area (Å²) in [7, 11) is 0. The van der Waals surface area contributed by atoms with E-state index in [1.165, 1.54) is 0 Å². The van der Waals surface area contributed by atoms with E-state index in [-0.39, 0.29) is 0 Å². The Morgan fingerprint density at radius 2 is 1.93 bits per heavy atom. The van der Waals surface area contributed by atoms with E-state index >= 15 is 0 Å². The minimum absolute atomic E-state index is 0.346. The van der Waals surface area contributed by atoms with Gasteiger partial charge in [-0.2, -0.15) is 4.89 Å². The van der Waals surface area contributed by atoms with Crippen LogP contribution in [-0.4, -0.2) is 12.6 Å². The van der Waals surface area contributed by atoms with E-state index in [1.807, 2.05) is 19.9 Å². The van der Waals surface area contributed by atoms with Crippen LogP contribution in [0.4, 0.5) is 0 Å². The van der Waals surface area contributed by atoms with Gasteiger partial charge in [0.2, 0.25) is 0 Å². The summed E-state index contributed by atoms with van der Waals surface area (Å²) in [6, 6.07) is 8.76. The maximum absolute atomic E-state index is 11.3. The predicted octanol–water partition coefficient (Wildman–Crippen LogP) is 2.43. The van der Waals surface area contributed by atoms with Crippen LogP contribution in [0.1, 0.15) is 24.2 Å². The standard InChI is InChI=1S/C11H14O3/c1-9(2)8-13-14-11(12)10-6-4-3-5-7-10/h3-7,9H,8H2,1-2H3. The van der Waals surface area contributed by atoms with Gasteiger partial charge in [0.15, 0.2) is 0 Å². The van der Waals surface area contributed by atoms with Crippen LogP contribution >= 0.6 is 0 Å². The van der Waals surface area contributed by atoms with Crippen LogP contribution in [0.5, 0.6) is 0 Å². The maximum atomic E-state index is 11.3. The van der Waals surface area contributed by atoms with Crippen molar-refractivity contribution in [2.75, 3.05) is 6.61 Å². The molecule has 0 heterocycles. The summed E-state index contributed by atoms with van der Waals surface area (Å²) < 4.78 is 0. The fourth-order valence-electron chi connectivity index (χ4n) is 0.846. The van der Waals surface area contributed by atoms with Crippen molar-refractivity contribution >= 4 is 5.97 Å².